The number of halogens is 1. The molecule has 1 amide bonds. The Morgan fingerprint density at radius 2 is 2.06 bits per heavy atom. The molecule has 0 fully saturated rings. The summed E-state index contributed by atoms with van der Waals surface area (Å²) in [6, 6.07) is 2.55. The van der Waals surface area contributed by atoms with Crippen LogP contribution in [0.5, 0.6) is 11.5 Å². The van der Waals surface area contributed by atoms with Crippen LogP contribution in [-0.2, 0) is 4.79 Å². The number of hydrogen-bond acceptors (Lipinski definition) is 4. The highest BCUT2D eigenvalue weighted by Gasteiger charge is 2.20. The molecule has 1 aromatic rings. The van der Waals surface area contributed by atoms with Gasteiger partial charge in [-0.25, -0.2) is 0 Å². The van der Waals surface area contributed by atoms with E-state index < -0.39 is 11.9 Å². The van der Waals surface area contributed by atoms with Gasteiger partial charge in [-0.1, -0.05) is 0 Å². The standard InChI is InChI=1S/C10H11BrN2O3/c11-6-3-5(8(12)10(13)14)4-7-9(6)16-2-1-15-7/h3-4,8H,1-2,12H2,(H2,13,14). The Morgan fingerprint density at radius 3 is 2.75 bits per heavy atom. The molecule has 1 heterocycles. The zero-order chi connectivity index (χ0) is 11.7. The van der Waals surface area contributed by atoms with Gasteiger partial charge in [0.05, 0.1) is 4.47 Å². The summed E-state index contributed by atoms with van der Waals surface area (Å²) in [6.07, 6.45) is 0. The van der Waals surface area contributed by atoms with Crippen molar-refractivity contribution < 1.29 is 14.3 Å². The quantitative estimate of drug-likeness (QED) is 0.838. The molecule has 6 heteroatoms. The first kappa shape index (κ1) is 11.2. The SMILES string of the molecule is NC(=O)C(N)c1cc(Br)c2c(c1)OCCO2. The molecule has 0 bridgehead atoms. The highest BCUT2D eigenvalue weighted by atomic mass is 79.9. The van der Waals surface area contributed by atoms with Crippen LogP contribution >= 0.6 is 15.9 Å². The van der Waals surface area contributed by atoms with E-state index in [2.05, 4.69) is 15.9 Å². The molecule has 1 aliphatic heterocycles. The first-order chi connectivity index (χ1) is 7.59. The topological polar surface area (TPSA) is 87.6 Å². The second-order valence-corrected chi connectivity index (χ2v) is 4.26. The van der Waals surface area contributed by atoms with E-state index >= 15 is 0 Å². The molecule has 86 valence electrons. The van der Waals surface area contributed by atoms with Crippen molar-refractivity contribution in [2.24, 2.45) is 11.5 Å². The van der Waals surface area contributed by atoms with Crippen LogP contribution in [0.3, 0.4) is 0 Å². The molecule has 1 unspecified atom stereocenters. The van der Waals surface area contributed by atoms with Crippen LogP contribution in [0.1, 0.15) is 11.6 Å². The lowest BCUT2D eigenvalue weighted by atomic mass is 10.1. The first-order valence-electron chi connectivity index (χ1n) is 4.73. The largest absolute Gasteiger partial charge is 0.486 e. The van der Waals surface area contributed by atoms with Crippen molar-refractivity contribution in [3.05, 3.63) is 22.2 Å². The third-order valence-electron chi connectivity index (χ3n) is 2.28. The van der Waals surface area contributed by atoms with E-state index in [-0.39, 0.29) is 0 Å². The lowest BCUT2D eigenvalue weighted by Gasteiger charge is -2.21. The molecule has 0 saturated carbocycles. The van der Waals surface area contributed by atoms with E-state index in [0.29, 0.717) is 34.7 Å². The Labute approximate surface area is 101 Å². The summed E-state index contributed by atoms with van der Waals surface area (Å²) in [7, 11) is 0. The van der Waals surface area contributed by atoms with Gasteiger partial charge in [0.2, 0.25) is 5.91 Å². The first-order valence-corrected chi connectivity index (χ1v) is 5.53. The average molecular weight is 287 g/mol. The number of amides is 1. The maximum Gasteiger partial charge on any atom is 0.238 e. The highest BCUT2D eigenvalue weighted by molar-refractivity contribution is 9.10. The van der Waals surface area contributed by atoms with Gasteiger partial charge in [-0.15, -0.1) is 0 Å². The highest BCUT2D eigenvalue weighted by Crippen LogP contribution is 2.39. The maximum absolute atomic E-state index is 11.0. The van der Waals surface area contributed by atoms with Crippen LogP contribution in [-0.4, -0.2) is 19.1 Å². The summed E-state index contributed by atoms with van der Waals surface area (Å²) in [4.78, 5) is 11.0. The fraction of sp³-hybridized carbons (Fsp3) is 0.300. The molecule has 0 aromatic heterocycles. The van der Waals surface area contributed by atoms with E-state index in [9.17, 15) is 4.79 Å². The van der Waals surface area contributed by atoms with Gasteiger partial charge in [-0.3, -0.25) is 4.79 Å². The van der Waals surface area contributed by atoms with Gasteiger partial charge in [0.15, 0.2) is 11.5 Å². The number of ether oxygens (including phenoxy) is 2. The Bertz CT molecular complexity index is 436. The average Bonchev–Trinajstić information content (AvgIpc) is 2.28. The fourth-order valence-corrected chi connectivity index (χ4v) is 2.05. The second-order valence-electron chi connectivity index (χ2n) is 3.41. The number of carbonyl (C=O) groups excluding carboxylic acids is 1. The number of hydrogen-bond donors (Lipinski definition) is 2. The number of carbonyl (C=O) groups is 1. The van der Waals surface area contributed by atoms with Crippen LogP contribution in [0.25, 0.3) is 0 Å². The summed E-state index contributed by atoms with van der Waals surface area (Å²) in [5.41, 5.74) is 11.4. The van der Waals surface area contributed by atoms with Crippen LogP contribution in [0.4, 0.5) is 0 Å². The van der Waals surface area contributed by atoms with Gasteiger partial charge in [0.1, 0.15) is 19.3 Å². The minimum atomic E-state index is -0.841. The molecule has 0 saturated heterocycles. The Morgan fingerprint density at radius 1 is 1.38 bits per heavy atom. The van der Waals surface area contributed by atoms with Crippen molar-refractivity contribution in [1.82, 2.24) is 0 Å². The molecule has 0 spiro atoms. The minimum absolute atomic E-state index is 0.481. The number of benzene rings is 1. The molecule has 0 aliphatic carbocycles. The molecule has 16 heavy (non-hydrogen) atoms. The van der Waals surface area contributed by atoms with Crippen LogP contribution in [0, 0.1) is 0 Å². The van der Waals surface area contributed by atoms with E-state index in [1.165, 1.54) is 0 Å². The van der Waals surface area contributed by atoms with E-state index in [1.807, 2.05) is 0 Å². The molecule has 1 aromatic carbocycles. The predicted octanol–water partition coefficient (Wildman–Crippen LogP) is 0.705. The van der Waals surface area contributed by atoms with Gasteiger partial charge < -0.3 is 20.9 Å². The third kappa shape index (κ3) is 1.98. The second kappa shape index (κ2) is 4.31. The van der Waals surface area contributed by atoms with E-state index in [0.717, 1.165) is 0 Å². The minimum Gasteiger partial charge on any atom is -0.486 e. The van der Waals surface area contributed by atoms with Crippen molar-refractivity contribution in [3.8, 4) is 11.5 Å². The van der Waals surface area contributed by atoms with Crippen molar-refractivity contribution in [1.29, 1.82) is 0 Å². The van der Waals surface area contributed by atoms with Crippen LogP contribution in [0.2, 0.25) is 0 Å². The molecular weight excluding hydrogens is 276 g/mol. The molecule has 1 atom stereocenters. The zero-order valence-corrected chi connectivity index (χ0v) is 9.99. The number of primary amides is 1. The Kier molecular flexibility index (Phi) is 3.02. The van der Waals surface area contributed by atoms with Crippen molar-refractivity contribution in [2.45, 2.75) is 6.04 Å². The van der Waals surface area contributed by atoms with Gasteiger partial charge in [0.25, 0.3) is 0 Å². The maximum atomic E-state index is 11.0. The molecule has 1 aliphatic rings. The normalized spacial score (nSPS) is 15.6. The van der Waals surface area contributed by atoms with Crippen molar-refractivity contribution >= 4 is 21.8 Å². The van der Waals surface area contributed by atoms with E-state index in [1.54, 1.807) is 12.1 Å². The summed E-state index contributed by atoms with van der Waals surface area (Å²) in [5.74, 6) is 0.627. The van der Waals surface area contributed by atoms with Gasteiger partial charge in [-0.05, 0) is 33.6 Å². The number of fused-ring (bicyclic) bond motifs is 1. The molecular formula is C10H11BrN2O3. The fourth-order valence-electron chi connectivity index (χ4n) is 1.47. The monoisotopic (exact) mass is 286 g/mol. The molecule has 0 radical (unpaired) electrons. The predicted molar refractivity (Wildman–Crippen MR) is 61.3 cm³/mol. The molecule has 4 N–H and O–H groups in total. The van der Waals surface area contributed by atoms with Crippen LogP contribution < -0.4 is 20.9 Å². The van der Waals surface area contributed by atoms with Gasteiger partial charge in [-0.2, -0.15) is 0 Å². The summed E-state index contributed by atoms with van der Waals surface area (Å²) in [6.45, 7) is 0.988. The molecule has 2 rings (SSSR count). The summed E-state index contributed by atoms with van der Waals surface area (Å²) in [5, 5.41) is 0. The Balaban J connectivity index is 2.42. The van der Waals surface area contributed by atoms with Crippen molar-refractivity contribution in [3.63, 3.8) is 0 Å². The number of nitrogens with two attached hydrogens (primary N) is 2. The third-order valence-corrected chi connectivity index (χ3v) is 2.87. The van der Waals surface area contributed by atoms with Gasteiger partial charge >= 0.3 is 0 Å². The van der Waals surface area contributed by atoms with E-state index in [4.69, 9.17) is 20.9 Å². The number of rotatable bonds is 2. The van der Waals surface area contributed by atoms with Gasteiger partial charge in [0, 0.05) is 0 Å². The smallest absolute Gasteiger partial charge is 0.238 e. The molecule has 5 nitrogen and oxygen atoms in total. The Hall–Kier alpha value is -1.27. The zero-order valence-electron chi connectivity index (χ0n) is 8.40. The lowest BCUT2D eigenvalue weighted by molar-refractivity contribution is -0.119. The lowest BCUT2D eigenvalue weighted by Crippen LogP contribution is -2.28. The summed E-state index contributed by atoms with van der Waals surface area (Å²) < 4.78 is 11.5. The summed E-state index contributed by atoms with van der Waals surface area (Å²) >= 11 is 3.34. The van der Waals surface area contributed by atoms with Crippen molar-refractivity contribution in [2.75, 3.05) is 13.2 Å². The van der Waals surface area contributed by atoms with Crippen LogP contribution in [0.15, 0.2) is 16.6 Å².